The smallest absolute Gasteiger partial charge is 0.416 e. The van der Waals surface area contributed by atoms with Crippen LogP contribution in [0.5, 0.6) is 0 Å². The maximum absolute atomic E-state index is 12.6. The zero-order chi connectivity index (χ0) is 14.3. The summed E-state index contributed by atoms with van der Waals surface area (Å²) in [6, 6.07) is 6.28. The zero-order valence-corrected chi connectivity index (χ0v) is 10.8. The van der Waals surface area contributed by atoms with Crippen molar-refractivity contribution in [3.05, 3.63) is 52.0 Å². The maximum atomic E-state index is 12.6. The number of nitrogens with zero attached hydrogens (tertiary/aromatic N) is 1. The minimum Gasteiger partial charge on any atom is -0.439 e. The van der Waals surface area contributed by atoms with E-state index in [-0.39, 0.29) is 11.4 Å². The first-order valence-electron chi connectivity index (χ1n) is 5.72. The number of aromatic nitrogens is 1. The van der Waals surface area contributed by atoms with Crippen LogP contribution in [0.4, 0.5) is 13.2 Å². The standard InChI is InChI=1S/C13H9F3N2OS/c14-13(15,16)7-3-4-9-8(6-7)18-12(19-9)11(17)10-2-1-5-20-10/h1-6,11H,17H2. The van der Waals surface area contributed by atoms with Gasteiger partial charge in [-0.3, -0.25) is 0 Å². The van der Waals surface area contributed by atoms with E-state index >= 15 is 0 Å². The quantitative estimate of drug-likeness (QED) is 0.779. The summed E-state index contributed by atoms with van der Waals surface area (Å²) in [7, 11) is 0. The van der Waals surface area contributed by atoms with Crippen molar-refractivity contribution in [3.63, 3.8) is 0 Å². The summed E-state index contributed by atoms with van der Waals surface area (Å²) in [5, 5.41) is 1.86. The molecule has 0 aliphatic heterocycles. The molecule has 3 nitrogen and oxygen atoms in total. The number of benzene rings is 1. The lowest BCUT2D eigenvalue weighted by Crippen LogP contribution is -2.10. The highest BCUT2D eigenvalue weighted by Gasteiger charge is 2.31. The summed E-state index contributed by atoms with van der Waals surface area (Å²) in [6.07, 6.45) is -4.40. The predicted octanol–water partition coefficient (Wildman–Crippen LogP) is 3.96. The monoisotopic (exact) mass is 298 g/mol. The van der Waals surface area contributed by atoms with E-state index in [1.54, 1.807) is 0 Å². The summed E-state index contributed by atoms with van der Waals surface area (Å²) >= 11 is 1.44. The first-order valence-corrected chi connectivity index (χ1v) is 6.60. The van der Waals surface area contributed by atoms with Gasteiger partial charge in [0.15, 0.2) is 5.58 Å². The topological polar surface area (TPSA) is 52.0 Å². The molecule has 20 heavy (non-hydrogen) atoms. The second-order valence-corrected chi connectivity index (χ2v) is 5.20. The molecule has 0 aliphatic carbocycles. The van der Waals surface area contributed by atoms with Crippen LogP contribution in [0.3, 0.4) is 0 Å². The second-order valence-electron chi connectivity index (χ2n) is 4.23. The van der Waals surface area contributed by atoms with Gasteiger partial charge in [-0.1, -0.05) is 6.07 Å². The Morgan fingerprint density at radius 2 is 2.05 bits per heavy atom. The number of thiophene rings is 1. The normalized spacial score (nSPS) is 13.8. The lowest BCUT2D eigenvalue weighted by Gasteiger charge is -2.04. The first kappa shape index (κ1) is 13.1. The Morgan fingerprint density at radius 1 is 1.25 bits per heavy atom. The molecule has 1 aromatic carbocycles. The van der Waals surface area contributed by atoms with Crippen molar-refractivity contribution in [1.29, 1.82) is 0 Å². The van der Waals surface area contributed by atoms with Gasteiger partial charge in [-0.05, 0) is 29.6 Å². The zero-order valence-electron chi connectivity index (χ0n) is 10.0. The third-order valence-corrected chi connectivity index (χ3v) is 3.80. The highest BCUT2D eigenvalue weighted by Crippen LogP contribution is 2.32. The molecule has 1 unspecified atom stereocenters. The van der Waals surface area contributed by atoms with Gasteiger partial charge in [-0.2, -0.15) is 13.2 Å². The van der Waals surface area contributed by atoms with Crippen LogP contribution in [0.25, 0.3) is 11.1 Å². The van der Waals surface area contributed by atoms with Crippen molar-refractivity contribution < 1.29 is 17.6 Å². The predicted molar refractivity (Wildman–Crippen MR) is 69.4 cm³/mol. The van der Waals surface area contributed by atoms with Crippen LogP contribution in [-0.4, -0.2) is 4.98 Å². The molecule has 0 radical (unpaired) electrons. The molecule has 0 fully saturated rings. The van der Waals surface area contributed by atoms with Gasteiger partial charge in [0.05, 0.1) is 5.56 Å². The molecule has 3 rings (SSSR count). The fraction of sp³-hybridized carbons (Fsp3) is 0.154. The summed E-state index contributed by atoms with van der Waals surface area (Å²) in [5.74, 6) is 0.210. The van der Waals surface area contributed by atoms with Gasteiger partial charge >= 0.3 is 6.18 Å². The summed E-state index contributed by atoms with van der Waals surface area (Å²) in [5.41, 5.74) is 5.67. The van der Waals surface area contributed by atoms with Crippen molar-refractivity contribution in [2.45, 2.75) is 12.2 Å². The van der Waals surface area contributed by atoms with E-state index in [1.807, 2.05) is 17.5 Å². The van der Waals surface area contributed by atoms with Crippen LogP contribution < -0.4 is 5.73 Å². The number of oxazole rings is 1. The van der Waals surface area contributed by atoms with E-state index in [9.17, 15) is 13.2 Å². The van der Waals surface area contributed by atoms with Gasteiger partial charge < -0.3 is 10.2 Å². The van der Waals surface area contributed by atoms with Crippen molar-refractivity contribution in [2.75, 3.05) is 0 Å². The van der Waals surface area contributed by atoms with Crippen LogP contribution >= 0.6 is 11.3 Å². The molecular formula is C13H9F3N2OS. The molecule has 0 saturated carbocycles. The van der Waals surface area contributed by atoms with Crippen molar-refractivity contribution in [3.8, 4) is 0 Å². The molecule has 7 heteroatoms. The molecule has 0 saturated heterocycles. The fourth-order valence-electron chi connectivity index (χ4n) is 1.84. The minimum absolute atomic E-state index is 0.154. The van der Waals surface area contributed by atoms with Gasteiger partial charge in [-0.15, -0.1) is 11.3 Å². The van der Waals surface area contributed by atoms with Crippen LogP contribution in [0.1, 0.15) is 22.4 Å². The van der Waals surface area contributed by atoms with Gasteiger partial charge in [-0.25, -0.2) is 4.98 Å². The second kappa shape index (κ2) is 4.60. The first-order chi connectivity index (χ1) is 9.45. The minimum atomic E-state index is -4.40. The van der Waals surface area contributed by atoms with Crippen molar-refractivity contribution in [2.24, 2.45) is 5.73 Å². The number of halogens is 3. The average molecular weight is 298 g/mol. The number of nitrogens with two attached hydrogens (primary N) is 1. The molecule has 2 heterocycles. The van der Waals surface area contributed by atoms with Crippen LogP contribution in [0.2, 0.25) is 0 Å². The van der Waals surface area contributed by atoms with Gasteiger partial charge in [0.2, 0.25) is 5.89 Å². The largest absolute Gasteiger partial charge is 0.439 e. The van der Waals surface area contributed by atoms with Crippen LogP contribution in [0.15, 0.2) is 40.1 Å². The van der Waals surface area contributed by atoms with Gasteiger partial charge in [0.1, 0.15) is 11.6 Å². The molecule has 1 atom stereocenters. The van der Waals surface area contributed by atoms with Crippen LogP contribution in [0, 0.1) is 0 Å². The highest BCUT2D eigenvalue weighted by atomic mass is 32.1. The average Bonchev–Trinajstić information content (AvgIpc) is 3.05. The molecule has 0 amide bonds. The molecular weight excluding hydrogens is 289 g/mol. The molecule has 2 N–H and O–H groups in total. The maximum Gasteiger partial charge on any atom is 0.416 e. The molecule has 0 bridgehead atoms. The summed E-state index contributed by atoms with van der Waals surface area (Å²) in [4.78, 5) is 4.90. The third kappa shape index (κ3) is 2.30. The molecule has 0 aliphatic rings. The van der Waals surface area contributed by atoms with Gasteiger partial charge in [0.25, 0.3) is 0 Å². The Balaban J connectivity index is 2.03. The van der Waals surface area contributed by atoms with E-state index in [2.05, 4.69) is 4.98 Å². The number of hydrogen-bond acceptors (Lipinski definition) is 4. The van der Waals surface area contributed by atoms with Crippen LogP contribution in [-0.2, 0) is 6.18 Å². The fourth-order valence-corrected chi connectivity index (χ4v) is 2.56. The lowest BCUT2D eigenvalue weighted by molar-refractivity contribution is -0.137. The molecule has 0 spiro atoms. The lowest BCUT2D eigenvalue weighted by atomic mass is 10.2. The summed E-state index contributed by atoms with van der Waals surface area (Å²) < 4.78 is 43.3. The molecule has 3 aromatic rings. The SMILES string of the molecule is NC(c1nc2cc(C(F)(F)F)ccc2o1)c1cccs1. The Labute approximate surface area is 115 Å². The number of rotatable bonds is 2. The third-order valence-electron chi connectivity index (χ3n) is 2.85. The highest BCUT2D eigenvalue weighted by molar-refractivity contribution is 7.10. The number of hydrogen-bond donors (Lipinski definition) is 1. The van der Waals surface area contributed by atoms with E-state index in [0.717, 1.165) is 17.0 Å². The molecule has 2 aromatic heterocycles. The Morgan fingerprint density at radius 3 is 2.70 bits per heavy atom. The Bertz CT molecular complexity index is 734. The Kier molecular flexibility index (Phi) is 3.02. The Hall–Kier alpha value is -1.86. The van der Waals surface area contributed by atoms with E-state index in [0.29, 0.717) is 5.58 Å². The van der Waals surface area contributed by atoms with Crippen molar-refractivity contribution in [1.82, 2.24) is 4.98 Å². The molecule has 104 valence electrons. The summed E-state index contributed by atoms with van der Waals surface area (Å²) in [6.45, 7) is 0. The number of fused-ring (bicyclic) bond motifs is 1. The van der Waals surface area contributed by atoms with Gasteiger partial charge in [0, 0.05) is 4.88 Å². The van der Waals surface area contributed by atoms with E-state index in [4.69, 9.17) is 10.2 Å². The van der Waals surface area contributed by atoms with E-state index < -0.39 is 17.8 Å². The van der Waals surface area contributed by atoms with Crippen molar-refractivity contribution >= 4 is 22.4 Å². The van der Waals surface area contributed by atoms with E-state index in [1.165, 1.54) is 17.4 Å². The number of alkyl halides is 3.